The number of fused-ring (bicyclic) bond motifs is 2. The maximum Gasteiger partial charge on any atom is 0.0709 e. The standard InChI is InChI=1S/C49H33N/c1-5-16-34(17-6-1)40-24-13-14-25-41(40)38-28-30-42-44(32-38)48(36-20-9-3-10-21-36)43-31-29-39(33-45(43)49(42)37-22-11-4-12-23-37)47-27-15-26-46(50-47)35-18-7-2-8-19-35/h1-33H. The van der Waals surface area contributed by atoms with E-state index in [1.807, 2.05) is 6.07 Å². The Morgan fingerprint density at radius 1 is 0.240 bits per heavy atom. The molecule has 0 N–H and O–H groups in total. The van der Waals surface area contributed by atoms with Crippen molar-refractivity contribution in [3.8, 4) is 67.0 Å². The van der Waals surface area contributed by atoms with Gasteiger partial charge in [0.1, 0.15) is 0 Å². The van der Waals surface area contributed by atoms with E-state index in [0.717, 1.165) is 22.5 Å². The number of rotatable bonds is 6. The van der Waals surface area contributed by atoms with Crippen molar-refractivity contribution in [2.45, 2.75) is 0 Å². The van der Waals surface area contributed by atoms with Gasteiger partial charge < -0.3 is 0 Å². The zero-order chi connectivity index (χ0) is 33.3. The number of pyridine rings is 1. The molecule has 1 heteroatoms. The van der Waals surface area contributed by atoms with Gasteiger partial charge in [-0.3, -0.25) is 0 Å². The molecule has 0 fully saturated rings. The van der Waals surface area contributed by atoms with Crippen LogP contribution >= 0.6 is 0 Å². The highest BCUT2D eigenvalue weighted by Gasteiger charge is 2.19. The van der Waals surface area contributed by atoms with Crippen molar-refractivity contribution < 1.29 is 0 Å². The zero-order valence-electron chi connectivity index (χ0n) is 27.5. The minimum absolute atomic E-state index is 0.960. The van der Waals surface area contributed by atoms with Crippen LogP contribution < -0.4 is 0 Å². The molecule has 0 bridgehead atoms. The molecule has 0 saturated carbocycles. The summed E-state index contributed by atoms with van der Waals surface area (Å²) in [4.78, 5) is 5.14. The Hall–Kier alpha value is -6.57. The highest BCUT2D eigenvalue weighted by molar-refractivity contribution is 6.22. The molecular formula is C49H33N. The van der Waals surface area contributed by atoms with Crippen LogP contribution in [0.1, 0.15) is 0 Å². The molecule has 0 unspecified atom stereocenters. The molecule has 1 aromatic heterocycles. The van der Waals surface area contributed by atoms with Crippen molar-refractivity contribution >= 4 is 21.5 Å². The van der Waals surface area contributed by atoms with Gasteiger partial charge in [0, 0.05) is 11.1 Å². The third kappa shape index (κ3) is 5.36. The normalized spacial score (nSPS) is 11.2. The Labute approximate surface area is 292 Å². The van der Waals surface area contributed by atoms with Gasteiger partial charge in [-0.25, -0.2) is 4.98 Å². The van der Waals surface area contributed by atoms with E-state index in [2.05, 4.69) is 194 Å². The lowest BCUT2D eigenvalue weighted by Gasteiger charge is -2.20. The lowest BCUT2D eigenvalue weighted by Crippen LogP contribution is -1.94. The molecule has 9 rings (SSSR count). The Morgan fingerprint density at radius 3 is 1.18 bits per heavy atom. The Balaban J connectivity index is 1.34. The molecule has 0 spiro atoms. The predicted molar refractivity (Wildman–Crippen MR) is 212 cm³/mol. The minimum Gasteiger partial charge on any atom is -0.248 e. The fraction of sp³-hybridized carbons (Fsp3) is 0. The summed E-state index contributed by atoms with van der Waals surface area (Å²) in [6.07, 6.45) is 0. The third-order valence-electron chi connectivity index (χ3n) is 9.68. The van der Waals surface area contributed by atoms with Crippen LogP contribution in [0.15, 0.2) is 200 Å². The molecule has 1 nitrogen and oxygen atoms in total. The number of benzene rings is 8. The molecule has 0 atom stereocenters. The fourth-order valence-corrected chi connectivity index (χ4v) is 7.36. The maximum atomic E-state index is 5.14. The quantitative estimate of drug-likeness (QED) is 0.166. The molecule has 0 aliphatic carbocycles. The highest BCUT2D eigenvalue weighted by atomic mass is 14.7. The number of hydrogen-bond acceptors (Lipinski definition) is 1. The monoisotopic (exact) mass is 635 g/mol. The van der Waals surface area contributed by atoms with Gasteiger partial charge in [0.15, 0.2) is 0 Å². The SMILES string of the molecule is c1ccc(-c2cccc(-c3ccc4c(-c5ccccc5)c5cc(-c6ccccc6-c6ccccc6)ccc5c(-c5ccccc5)c4c3)n2)cc1. The summed E-state index contributed by atoms with van der Waals surface area (Å²) >= 11 is 0. The molecule has 0 aliphatic rings. The van der Waals surface area contributed by atoms with E-state index in [4.69, 9.17) is 4.98 Å². The third-order valence-corrected chi connectivity index (χ3v) is 9.68. The van der Waals surface area contributed by atoms with E-state index in [0.29, 0.717) is 0 Å². The van der Waals surface area contributed by atoms with Crippen molar-refractivity contribution in [3.63, 3.8) is 0 Å². The summed E-state index contributed by atoms with van der Waals surface area (Å²) in [5.74, 6) is 0. The van der Waals surface area contributed by atoms with Gasteiger partial charge in [-0.1, -0.05) is 176 Å². The van der Waals surface area contributed by atoms with Gasteiger partial charge in [-0.15, -0.1) is 0 Å². The maximum absolute atomic E-state index is 5.14. The van der Waals surface area contributed by atoms with E-state index in [-0.39, 0.29) is 0 Å². The second kappa shape index (κ2) is 12.8. The van der Waals surface area contributed by atoms with Crippen molar-refractivity contribution in [1.29, 1.82) is 0 Å². The van der Waals surface area contributed by atoms with Gasteiger partial charge in [-0.2, -0.15) is 0 Å². The van der Waals surface area contributed by atoms with Gasteiger partial charge in [0.25, 0.3) is 0 Å². The molecule has 0 amide bonds. The summed E-state index contributed by atoms with van der Waals surface area (Å²) in [5, 5.41) is 4.90. The minimum atomic E-state index is 0.960. The first-order valence-corrected chi connectivity index (χ1v) is 17.1. The average molecular weight is 636 g/mol. The molecule has 8 aromatic carbocycles. The van der Waals surface area contributed by atoms with Gasteiger partial charge >= 0.3 is 0 Å². The predicted octanol–water partition coefficient (Wildman–Crippen LogP) is 13.4. The molecule has 234 valence electrons. The van der Waals surface area contributed by atoms with Crippen LogP contribution in [-0.2, 0) is 0 Å². The first-order chi connectivity index (χ1) is 24.8. The fourth-order valence-electron chi connectivity index (χ4n) is 7.36. The molecule has 0 aliphatic heterocycles. The van der Waals surface area contributed by atoms with Crippen LogP contribution in [0, 0.1) is 0 Å². The topological polar surface area (TPSA) is 12.9 Å². The largest absolute Gasteiger partial charge is 0.248 e. The first-order valence-electron chi connectivity index (χ1n) is 17.1. The summed E-state index contributed by atoms with van der Waals surface area (Å²) < 4.78 is 0. The highest BCUT2D eigenvalue weighted by Crippen LogP contribution is 2.46. The summed E-state index contributed by atoms with van der Waals surface area (Å²) in [5.41, 5.74) is 13.9. The van der Waals surface area contributed by atoms with Crippen molar-refractivity contribution in [2.75, 3.05) is 0 Å². The van der Waals surface area contributed by atoms with Crippen LogP contribution in [0.2, 0.25) is 0 Å². The van der Waals surface area contributed by atoms with Crippen LogP contribution in [0.4, 0.5) is 0 Å². The zero-order valence-corrected chi connectivity index (χ0v) is 27.5. The van der Waals surface area contributed by atoms with Crippen molar-refractivity contribution in [3.05, 3.63) is 200 Å². The molecule has 9 aromatic rings. The van der Waals surface area contributed by atoms with E-state index in [9.17, 15) is 0 Å². The van der Waals surface area contributed by atoms with Crippen molar-refractivity contribution in [2.24, 2.45) is 0 Å². The van der Waals surface area contributed by atoms with Crippen LogP contribution in [0.3, 0.4) is 0 Å². The average Bonchev–Trinajstić information content (AvgIpc) is 3.21. The van der Waals surface area contributed by atoms with E-state index in [1.54, 1.807) is 0 Å². The van der Waals surface area contributed by atoms with Gasteiger partial charge in [-0.05, 0) is 90.3 Å². The lowest BCUT2D eigenvalue weighted by atomic mass is 9.83. The molecule has 0 radical (unpaired) electrons. The molecule has 1 heterocycles. The Kier molecular flexibility index (Phi) is 7.57. The summed E-state index contributed by atoms with van der Waals surface area (Å²) in [6.45, 7) is 0. The molecule has 50 heavy (non-hydrogen) atoms. The van der Waals surface area contributed by atoms with Crippen molar-refractivity contribution in [1.82, 2.24) is 4.98 Å². The number of aromatic nitrogens is 1. The molecular weight excluding hydrogens is 603 g/mol. The summed E-state index contributed by atoms with van der Waals surface area (Å²) in [6, 6.07) is 71.7. The van der Waals surface area contributed by atoms with E-state index in [1.165, 1.54) is 66.1 Å². The van der Waals surface area contributed by atoms with E-state index >= 15 is 0 Å². The van der Waals surface area contributed by atoms with Gasteiger partial charge in [0.2, 0.25) is 0 Å². The van der Waals surface area contributed by atoms with Crippen LogP contribution in [0.5, 0.6) is 0 Å². The number of hydrogen-bond donors (Lipinski definition) is 0. The van der Waals surface area contributed by atoms with E-state index < -0.39 is 0 Å². The Morgan fingerprint density at radius 2 is 0.640 bits per heavy atom. The van der Waals surface area contributed by atoms with Crippen LogP contribution in [-0.4, -0.2) is 4.98 Å². The van der Waals surface area contributed by atoms with Crippen LogP contribution in [0.25, 0.3) is 88.6 Å². The first kappa shape index (κ1) is 29.6. The smallest absolute Gasteiger partial charge is 0.0709 e. The summed E-state index contributed by atoms with van der Waals surface area (Å²) in [7, 11) is 0. The second-order valence-electron chi connectivity index (χ2n) is 12.7. The lowest BCUT2D eigenvalue weighted by molar-refractivity contribution is 1.33. The second-order valence-corrected chi connectivity index (χ2v) is 12.7. The van der Waals surface area contributed by atoms with Gasteiger partial charge in [0.05, 0.1) is 11.4 Å². The Bertz CT molecular complexity index is 2610. The number of nitrogens with zero attached hydrogens (tertiary/aromatic N) is 1. The molecule has 0 saturated heterocycles.